The molecule has 1 aliphatic rings. The van der Waals surface area contributed by atoms with Gasteiger partial charge < -0.3 is 20.9 Å². The average molecular weight is 387 g/mol. The van der Waals surface area contributed by atoms with E-state index in [4.69, 9.17) is 11.5 Å². The fourth-order valence-electron chi connectivity index (χ4n) is 3.31. The van der Waals surface area contributed by atoms with Gasteiger partial charge in [-0.1, -0.05) is 0 Å². The van der Waals surface area contributed by atoms with Crippen molar-refractivity contribution in [3.8, 4) is 11.3 Å². The number of aromatic nitrogens is 4. The molecule has 0 aliphatic carbocycles. The topological polar surface area (TPSA) is 116 Å². The van der Waals surface area contributed by atoms with Gasteiger partial charge in [0.1, 0.15) is 11.5 Å². The molecule has 27 heavy (non-hydrogen) atoms. The zero-order valence-electron chi connectivity index (χ0n) is 14.4. The van der Waals surface area contributed by atoms with Crippen LogP contribution in [0.1, 0.15) is 29.4 Å². The van der Waals surface area contributed by atoms with Gasteiger partial charge in [0.15, 0.2) is 11.5 Å². The fraction of sp³-hybridized carbons (Fsp3) is 0.294. The number of anilines is 2. The van der Waals surface area contributed by atoms with Crippen LogP contribution < -0.4 is 16.4 Å². The van der Waals surface area contributed by atoms with E-state index >= 15 is 0 Å². The summed E-state index contributed by atoms with van der Waals surface area (Å²) >= 11 is 1.49. The zero-order chi connectivity index (χ0) is 19.0. The monoisotopic (exact) mass is 387 g/mol. The minimum Gasteiger partial charge on any atom is -0.383 e. The van der Waals surface area contributed by atoms with Crippen LogP contribution >= 0.6 is 11.3 Å². The summed E-state index contributed by atoms with van der Waals surface area (Å²) in [6, 6.07) is 1.95. The first-order valence-corrected chi connectivity index (χ1v) is 9.41. The maximum atomic E-state index is 14.1. The van der Waals surface area contributed by atoms with Gasteiger partial charge in [0.25, 0.3) is 5.91 Å². The first kappa shape index (κ1) is 17.4. The van der Waals surface area contributed by atoms with Gasteiger partial charge in [-0.15, -0.1) is 0 Å². The summed E-state index contributed by atoms with van der Waals surface area (Å²) in [5, 5.41) is 3.75. The molecule has 4 heterocycles. The predicted octanol–water partition coefficient (Wildman–Crippen LogP) is 2.06. The maximum Gasteiger partial charge on any atom is 0.271 e. The van der Waals surface area contributed by atoms with Crippen molar-refractivity contribution in [2.45, 2.75) is 18.9 Å². The Morgan fingerprint density at radius 1 is 1.30 bits per heavy atom. The molecule has 0 spiro atoms. The number of piperidine rings is 1. The third kappa shape index (κ3) is 3.23. The van der Waals surface area contributed by atoms with Crippen molar-refractivity contribution in [3.05, 3.63) is 40.9 Å². The third-order valence-electron chi connectivity index (χ3n) is 4.73. The van der Waals surface area contributed by atoms with Gasteiger partial charge in [0.05, 0.1) is 12.5 Å². The molecule has 3 aromatic heterocycles. The van der Waals surface area contributed by atoms with Gasteiger partial charge in [-0.2, -0.15) is 11.3 Å². The van der Waals surface area contributed by atoms with Crippen molar-refractivity contribution in [3.63, 3.8) is 0 Å². The quantitative estimate of drug-likeness (QED) is 0.708. The minimum absolute atomic E-state index is 0.0969. The van der Waals surface area contributed by atoms with Gasteiger partial charge in [-0.3, -0.25) is 4.79 Å². The Hall–Kier alpha value is -3.01. The molecule has 4 N–H and O–H groups in total. The Bertz CT molecular complexity index is 964. The Morgan fingerprint density at radius 3 is 2.70 bits per heavy atom. The molecular formula is C17H18FN7OS. The summed E-state index contributed by atoms with van der Waals surface area (Å²) < 4.78 is 15.9. The lowest BCUT2D eigenvalue weighted by atomic mass is 10.1. The Labute approximate surface area is 158 Å². The van der Waals surface area contributed by atoms with E-state index in [1.54, 1.807) is 10.9 Å². The molecule has 10 heteroatoms. The molecule has 0 radical (unpaired) electrons. The van der Waals surface area contributed by atoms with E-state index in [9.17, 15) is 9.18 Å². The van der Waals surface area contributed by atoms with E-state index < -0.39 is 11.7 Å². The number of thiophene rings is 1. The lowest BCUT2D eigenvalue weighted by Gasteiger charge is -2.33. The van der Waals surface area contributed by atoms with Crippen molar-refractivity contribution in [2.24, 2.45) is 5.73 Å². The van der Waals surface area contributed by atoms with Crippen molar-refractivity contribution in [1.82, 2.24) is 19.5 Å². The minimum atomic E-state index is -0.635. The Balaban J connectivity index is 1.50. The summed E-state index contributed by atoms with van der Waals surface area (Å²) in [5.41, 5.74) is 12.4. The number of hydrogen-bond donors (Lipinski definition) is 2. The summed E-state index contributed by atoms with van der Waals surface area (Å²) in [7, 11) is 0. The van der Waals surface area contributed by atoms with Crippen LogP contribution in [0.5, 0.6) is 0 Å². The van der Waals surface area contributed by atoms with Crippen LogP contribution in [0.4, 0.5) is 16.2 Å². The lowest BCUT2D eigenvalue weighted by Crippen LogP contribution is -2.36. The molecule has 0 aromatic carbocycles. The second-order valence-corrected chi connectivity index (χ2v) is 7.13. The Morgan fingerprint density at radius 2 is 2.07 bits per heavy atom. The number of hydrogen-bond acceptors (Lipinski definition) is 7. The maximum absolute atomic E-state index is 14.1. The highest BCUT2D eigenvalue weighted by molar-refractivity contribution is 7.08. The van der Waals surface area contributed by atoms with Crippen LogP contribution in [0.15, 0.2) is 29.4 Å². The van der Waals surface area contributed by atoms with Crippen LogP contribution in [0, 0.1) is 5.82 Å². The highest BCUT2D eigenvalue weighted by Crippen LogP contribution is 2.29. The van der Waals surface area contributed by atoms with E-state index in [0.717, 1.165) is 18.4 Å². The van der Waals surface area contributed by atoms with Crippen LogP contribution in [0.3, 0.4) is 0 Å². The number of nitrogens with two attached hydrogens (primary N) is 2. The first-order chi connectivity index (χ1) is 13.0. The molecular weight excluding hydrogens is 369 g/mol. The zero-order valence-corrected chi connectivity index (χ0v) is 15.2. The van der Waals surface area contributed by atoms with E-state index in [1.165, 1.54) is 17.5 Å². The number of halogens is 1. The first-order valence-electron chi connectivity index (χ1n) is 8.46. The van der Waals surface area contributed by atoms with Gasteiger partial charge in [0, 0.05) is 30.1 Å². The number of primary amides is 1. The van der Waals surface area contributed by atoms with Crippen molar-refractivity contribution < 1.29 is 9.18 Å². The number of nitrogen functional groups attached to an aromatic ring is 1. The van der Waals surface area contributed by atoms with Gasteiger partial charge >= 0.3 is 0 Å². The second-order valence-electron chi connectivity index (χ2n) is 6.35. The number of imidazole rings is 1. The van der Waals surface area contributed by atoms with Crippen molar-refractivity contribution >= 4 is 29.0 Å². The predicted molar refractivity (Wildman–Crippen MR) is 101 cm³/mol. The highest BCUT2D eigenvalue weighted by atomic mass is 32.1. The number of amides is 1. The molecule has 0 bridgehead atoms. The highest BCUT2D eigenvalue weighted by Gasteiger charge is 2.26. The van der Waals surface area contributed by atoms with E-state index in [1.807, 2.05) is 21.7 Å². The molecule has 3 aromatic rings. The number of nitrogens with zero attached hydrogens (tertiary/aromatic N) is 5. The molecule has 1 amide bonds. The standard InChI is InChI=1S/C17H18FN7OS/c18-12-7-21-17(23-13(12)10-3-6-27-8-10)24-4-1-11(2-5-24)25-9-22-14(15(25)19)16(20)26/h3,6-9,11H,1-2,4-5,19H2,(H2,20,26). The molecule has 0 atom stereocenters. The molecule has 140 valence electrons. The van der Waals surface area contributed by atoms with E-state index in [0.29, 0.717) is 30.5 Å². The van der Waals surface area contributed by atoms with E-state index in [-0.39, 0.29) is 11.7 Å². The SMILES string of the molecule is NC(=O)c1ncn(C2CCN(c3ncc(F)c(-c4ccsc4)n3)CC2)c1N. The molecule has 1 aliphatic heterocycles. The second kappa shape index (κ2) is 6.95. The molecule has 1 saturated heterocycles. The number of rotatable bonds is 4. The van der Waals surface area contributed by atoms with Crippen LogP contribution in [-0.4, -0.2) is 38.5 Å². The van der Waals surface area contributed by atoms with Crippen LogP contribution in [0.2, 0.25) is 0 Å². The molecule has 1 fully saturated rings. The average Bonchev–Trinajstić information content (AvgIpc) is 3.32. The third-order valence-corrected chi connectivity index (χ3v) is 5.42. The summed E-state index contributed by atoms with van der Waals surface area (Å²) in [5.74, 6) is -0.271. The summed E-state index contributed by atoms with van der Waals surface area (Å²) in [6.45, 7) is 1.37. The molecule has 0 saturated carbocycles. The Kier molecular flexibility index (Phi) is 4.48. The number of carbonyl (C=O) groups excluding carboxylic acids is 1. The molecule has 8 nitrogen and oxygen atoms in total. The van der Waals surface area contributed by atoms with Crippen LogP contribution in [-0.2, 0) is 0 Å². The molecule has 0 unspecified atom stereocenters. The van der Waals surface area contributed by atoms with Gasteiger partial charge in [-0.25, -0.2) is 19.3 Å². The van der Waals surface area contributed by atoms with Gasteiger partial charge in [-0.05, 0) is 24.3 Å². The largest absolute Gasteiger partial charge is 0.383 e. The van der Waals surface area contributed by atoms with Gasteiger partial charge in [0.2, 0.25) is 5.95 Å². The smallest absolute Gasteiger partial charge is 0.271 e. The van der Waals surface area contributed by atoms with E-state index in [2.05, 4.69) is 15.0 Å². The summed E-state index contributed by atoms with van der Waals surface area (Å²) in [4.78, 5) is 25.9. The summed E-state index contributed by atoms with van der Waals surface area (Å²) in [6.07, 6.45) is 4.31. The normalized spacial score (nSPS) is 15.2. The lowest BCUT2D eigenvalue weighted by molar-refractivity contribution is 0.0997. The van der Waals surface area contributed by atoms with Crippen LogP contribution in [0.25, 0.3) is 11.3 Å². The number of carbonyl (C=O) groups is 1. The molecule has 4 rings (SSSR count). The fourth-order valence-corrected chi connectivity index (χ4v) is 3.95. The van der Waals surface area contributed by atoms with Crippen molar-refractivity contribution in [2.75, 3.05) is 23.7 Å². The van der Waals surface area contributed by atoms with Crippen molar-refractivity contribution in [1.29, 1.82) is 0 Å².